The zero-order valence-electron chi connectivity index (χ0n) is 18.3. The second-order valence-corrected chi connectivity index (χ2v) is 10.5. The van der Waals surface area contributed by atoms with Crippen LogP contribution in [0, 0.1) is 0 Å². The van der Waals surface area contributed by atoms with Crippen LogP contribution < -0.4 is 5.32 Å². The van der Waals surface area contributed by atoms with E-state index in [2.05, 4.69) is 22.2 Å². The van der Waals surface area contributed by atoms with Crippen molar-refractivity contribution >= 4 is 15.9 Å². The van der Waals surface area contributed by atoms with Crippen LogP contribution in [0.3, 0.4) is 0 Å². The number of nitrogens with one attached hydrogen (secondary N) is 1. The average molecular weight is 437 g/mol. The zero-order chi connectivity index (χ0) is 21.6. The van der Waals surface area contributed by atoms with Crippen molar-refractivity contribution in [3.8, 4) is 0 Å². The second-order valence-electron chi connectivity index (χ2n) is 8.60. The molecule has 1 aromatic rings. The van der Waals surface area contributed by atoms with Crippen molar-refractivity contribution in [3.05, 3.63) is 29.8 Å². The Kier molecular flexibility index (Phi) is 8.27. The third kappa shape index (κ3) is 6.03. The lowest BCUT2D eigenvalue weighted by Crippen LogP contribution is -2.44. The smallest absolute Gasteiger partial charge is 0.251 e. The number of unbranched alkanes of at least 4 members (excludes halogenated alkanes) is 1. The molecule has 1 aromatic carbocycles. The Morgan fingerprint density at radius 2 is 1.87 bits per heavy atom. The highest BCUT2D eigenvalue weighted by Crippen LogP contribution is 2.25. The first-order valence-corrected chi connectivity index (χ1v) is 12.6. The Balaban J connectivity index is 1.48. The minimum Gasteiger partial charge on any atom is -0.352 e. The summed E-state index contributed by atoms with van der Waals surface area (Å²) in [5.41, 5.74) is 0.403. The van der Waals surface area contributed by atoms with Crippen LogP contribution in [0.25, 0.3) is 0 Å². The van der Waals surface area contributed by atoms with Crippen LogP contribution in [0.5, 0.6) is 0 Å². The quantitative estimate of drug-likeness (QED) is 0.631. The molecule has 0 bridgehead atoms. The molecule has 168 valence electrons. The number of likely N-dealkylation sites (N-methyl/N-ethyl adjacent to an activating group) is 1. The number of hydrogen-bond acceptors (Lipinski definition) is 5. The first-order chi connectivity index (χ1) is 14.4. The summed E-state index contributed by atoms with van der Waals surface area (Å²) < 4.78 is 27.6. The lowest BCUT2D eigenvalue weighted by atomic mass is 10.1. The highest BCUT2D eigenvalue weighted by atomic mass is 32.2. The number of sulfonamides is 1. The SMILES string of the molecule is CC1CCCCN1S(=O)(=O)c1cccc(C(=O)NCCCCN2CCN(C)CC2)c1. The Morgan fingerprint density at radius 3 is 2.60 bits per heavy atom. The summed E-state index contributed by atoms with van der Waals surface area (Å²) in [5.74, 6) is -0.210. The number of rotatable bonds is 8. The molecule has 0 spiro atoms. The van der Waals surface area contributed by atoms with E-state index < -0.39 is 10.0 Å². The highest BCUT2D eigenvalue weighted by molar-refractivity contribution is 7.89. The lowest BCUT2D eigenvalue weighted by molar-refractivity contribution is 0.0951. The van der Waals surface area contributed by atoms with Gasteiger partial charge in [-0.3, -0.25) is 4.79 Å². The molecular formula is C22H36N4O3S. The topological polar surface area (TPSA) is 73.0 Å². The van der Waals surface area contributed by atoms with Crippen LogP contribution in [0.4, 0.5) is 0 Å². The molecule has 2 aliphatic rings. The number of carbonyl (C=O) groups excluding carboxylic acids is 1. The fourth-order valence-electron chi connectivity index (χ4n) is 4.20. The van der Waals surface area contributed by atoms with E-state index in [0.29, 0.717) is 18.7 Å². The van der Waals surface area contributed by atoms with Crippen LogP contribution in [0.1, 0.15) is 49.4 Å². The minimum atomic E-state index is -3.57. The number of piperazine rings is 1. The Hall–Kier alpha value is -1.48. The third-order valence-corrected chi connectivity index (χ3v) is 8.24. The molecule has 2 aliphatic heterocycles. The molecule has 7 nitrogen and oxygen atoms in total. The molecule has 8 heteroatoms. The van der Waals surface area contributed by atoms with Crippen molar-refractivity contribution in [3.63, 3.8) is 0 Å². The predicted octanol–water partition coefficient (Wildman–Crippen LogP) is 2.01. The van der Waals surface area contributed by atoms with Crippen molar-refractivity contribution in [2.75, 3.05) is 52.9 Å². The van der Waals surface area contributed by atoms with E-state index in [9.17, 15) is 13.2 Å². The lowest BCUT2D eigenvalue weighted by Gasteiger charge is -2.32. The van der Waals surface area contributed by atoms with Crippen molar-refractivity contribution in [1.82, 2.24) is 19.4 Å². The maximum atomic E-state index is 13.0. The van der Waals surface area contributed by atoms with Gasteiger partial charge in [0, 0.05) is 50.9 Å². The number of piperidine rings is 1. The van der Waals surface area contributed by atoms with E-state index in [-0.39, 0.29) is 16.8 Å². The molecule has 1 unspecified atom stereocenters. The van der Waals surface area contributed by atoms with Crippen LogP contribution in [-0.2, 0) is 10.0 Å². The minimum absolute atomic E-state index is 0.00142. The number of nitrogens with zero attached hydrogens (tertiary/aromatic N) is 3. The molecule has 2 heterocycles. The molecular weight excluding hydrogens is 400 g/mol. The van der Waals surface area contributed by atoms with Crippen LogP contribution in [0.15, 0.2) is 29.2 Å². The fourth-order valence-corrected chi connectivity index (χ4v) is 5.94. The van der Waals surface area contributed by atoms with E-state index >= 15 is 0 Å². The van der Waals surface area contributed by atoms with Gasteiger partial charge < -0.3 is 15.1 Å². The first-order valence-electron chi connectivity index (χ1n) is 11.2. The van der Waals surface area contributed by atoms with Crippen LogP contribution >= 0.6 is 0 Å². The summed E-state index contributed by atoms with van der Waals surface area (Å²) in [6.07, 6.45) is 4.79. The van der Waals surface area contributed by atoms with Gasteiger partial charge in [0.15, 0.2) is 0 Å². The monoisotopic (exact) mass is 436 g/mol. The molecule has 0 saturated carbocycles. The summed E-state index contributed by atoms with van der Waals surface area (Å²) in [4.78, 5) is 17.6. The van der Waals surface area contributed by atoms with Gasteiger partial charge in [-0.25, -0.2) is 8.42 Å². The second kappa shape index (κ2) is 10.7. The average Bonchev–Trinajstić information content (AvgIpc) is 2.75. The number of hydrogen-bond donors (Lipinski definition) is 1. The molecule has 1 N–H and O–H groups in total. The van der Waals surface area contributed by atoms with Gasteiger partial charge in [0.25, 0.3) is 5.91 Å². The number of carbonyl (C=O) groups is 1. The Morgan fingerprint density at radius 1 is 1.10 bits per heavy atom. The molecule has 1 atom stereocenters. The summed E-state index contributed by atoms with van der Waals surface area (Å²) in [6.45, 7) is 8.62. The van der Waals surface area contributed by atoms with Gasteiger partial charge in [0.2, 0.25) is 10.0 Å². The van der Waals surface area contributed by atoms with Gasteiger partial charge in [-0.05, 0) is 64.4 Å². The van der Waals surface area contributed by atoms with E-state index in [1.807, 2.05) is 6.92 Å². The third-order valence-electron chi connectivity index (χ3n) is 6.23. The van der Waals surface area contributed by atoms with Gasteiger partial charge in [0.1, 0.15) is 0 Å². The molecule has 2 fully saturated rings. The van der Waals surface area contributed by atoms with Crippen LogP contribution in [-0.4, -0.2) is 87.3 Å². The maximum Gasteiger partial charge on any atom is 0.251 e. The van der Waals surface area contributed by atoms with Gasteiger partial charge >= 0.3 is 0 Å². The summed E-state index contributed by atoms with van der Waals surface area (Å²) in [7, 11) is -1.42. The summed E-state index contributed by atoms with van der Waals surface area (Å²) in [6, 6.07) is 6.43. The van der Waals surface area contributed by atoms with E-state index in [4.69, 9.17) is 0 Å². The maximum absolute atomic E-state index is 13.0. The Labute approximate surface area is 181 Å². The van der Waals surface area contributed by atoms with Crippen molar-refractivity contribution in [2.24, 2.45) is 0 Å². The van der Waals surface area contributed by atoms with Gasteiger partial charge in [-0.1, -0.05) is 12.5 Å². The normalized spacial score (nSPS) is 22.1. The van der Waals surface area contributed by atoms with Crippen LogP contribution in [0.2, 0.25) is 0 Å². The van der Waals surface area contributed by atoms with Gasteiger partial charge in [-0.2, -0.15) is 4.31 Å². The van der Waals surface area contributed by atoms with E-state index in [1.165, 1.54) is 6.07 Å². The van der Waals surface area contributed by atoms with Crippen molar-refractivity contribution in [2.45, 2.75) is 50.0 Å². The van der Waals surface area contributed by atoms with Crippen molar-refractivity contribution < 1.29 is 13.2 Å². The summed E-state index contributed by atoms with van der Waals surface area (Å²) in [5, 5.41) is 2.94. The molecule has 3 rings (SSSR count). The highest BCUT2D eigenvalue weighted by Gasteiger charge is 2.31. The standard InChI is InChI=1S/C22H36N4O3S/c1-19-8-3-5-13-26(19)30(28,29)21-10-7-9-20(18-21)22(27)23-11-4-6-12-25-16-14-24(2)15-17-25/h7,9-10,18-19H,3-6,8,11-17H2,1-2H3,(H,23,27). The Bertz CT molecular complexity index is 806. The number of amides is 1. The molecule has 0 radical (unpaired) electrons. The predicted molar refractivity (Wildman–Crippen MR) is 119 cm³/mol. The van der Waals surface area contributed by atoms with E-state index in [0.717, 1.165) is 64.8 Å². The first kappa shape index (κ1) is 23.2. The zero-order valence-corrected chi connectivity index (χ0v) is 19.2. The van der Waals surface area contributed by atoms with Gasteiger partial charge in [0.05, 0.1) is 4.90 Å². The molecule has 0 aromatic heterocycles. The van der Waals surface area contributed by atoms with E-state index in [1.54, 1.807) is 22.5 Å². The summed E-state index contributed by atoms with van der Waals surface area (Å²) >= 11 is 0. The van der Waals surface area contributed by atoms with Crippen molar-refractivity contribution in [1.29, 1.82) is 0 Å². The molecule has 2 saturated heterocycles. The molecule has 0 aliphatic carbocycles. The van der Waals surface area contributed by atoms with Gasteiger partial charge in [-0.15, -0.1) is 0 Å². The molecule has 1 amide bonds. The molecule has 30 heavy (non-hydrogen) atoms. The number of benzene rings is 1. The fraction of sp³-hybridized carbons (Fsp3) is 0.682. The largest absolute Gasteiger partial charge is 0.352 e.